The first-order valence-electron chi connectivity index (χ1n) is 5.28. The quantitative estimate of drug-likeness (QED) is 0.450. The molecule has 2 atom stereocenters. The zero-order valence-corrected chi connectivity index (χ0v) is 8.73. The van der Waals surface area contributed by atoms with E-state index >= 15 is 0 Å². The molecule has 0 aromatic heterocycles. The summed E-state index contributed by atoms with van der Waals surface area (Å²) in [6.45, 7) is 0. The van der Waals surface area contributed by atoms with Crippen LogP contribution in [0.3, 0.4) is 0 Å². The zero-order chi connectivity index (χ0) is 11.6. The van der Waals surface area contributed by atoms with E-state index in [0.717, 1.165) is 6.42 Å². The summed E-state index contributed by atoms with van der Waals surface area (Å²) in [6, 6.07) is 0. The van der Waals surface area contributed by atoms with E-state index in [4.69, 9.17) is 0 Å². The molecule has 0 saturated heterocycles. The molecule has 2 aliphatic carbocycles. The number of ketones is 1. The van der Waals surface area contributed by atoms with Crippen LogP contribution < -0.4 is 0 Å². The van der Waals surface area contributed by atoms with E-state index in [1.54, 1.807) is 0 Å². The molecule has 0 amide bonds. The lowest BCUT2D eigenvalue weighted by atomic mass is 9.76. The first kappa shape index (κ1) is 11.0. The number of hydrogen-bond donors (Lipinski definition) is 2. The fourth-order valence-corrected chi connectivity index (χ4v) is 2.06. The third-order valence-corrected chi connectivity index (χ3v) is 2.92. The monoisotopic (exact) mass is 216 g/mol. The van der Waals surface area contributed by atoms with Gasteiger partial charge in [-0.15, -0.1) is 0 Å². The molecule has 3 nitrogen and oxygen atoms in total. The molecule has 2 bridgehead atoms. The molecule has 0 heterocycles. The summed E-state index contributed by atoms with van der Waals surface area (Å²) in [4.78, 5) is 11.9. The van der Waals surface area contributed by atoms with Crippen LogP contribution in [0, 0.1) is 35.5 Å². The Kier molecular flexibility index (Phi) is 2.83. The van der Waals surface area contributed by atoms with Gasteiger partial charge in [-0.3, -0.25) is 4.79 Å². The van der Waals surface area contributed by atoms with Crippen LogP contribution >= 0.6 is 0 Å². The van der Waals surface area contributed by atoms with Gasteiger partial charge in [0, 0.05) is 0 Å². The summed E-state index contributed by atoms with van der Waals surface area (Å²) in [7, 11) is 0. The van der Waals surface area contributed by atoms with E-state index in [9.17, 15) is 15.0 Å². The number of rotatable bonds is 0. The summed E-state index contributed by atoms with van der Waals surface area (Å²) in [6.07, 6.45) is 4.90. The van der Waals surface area contributed by atoms with Gasteiger partial charge in [0.1, 0.15) is 0 Å². The lowest BCUT2D eigenvalue weighted by molar-refractivity contribution is -0.171. The first-order chi connectivity index (χ1) is 7.61. The van der Waals surface area contributed by atoms with Gasteiger partial charge in [0.15, 0.2) is 5.78 Å². The van der Waals surface area contributed by atoms with Gasteiger partial charge in [-0.1, -0.05) is 24.2 Å². The molecule has 1 saturated carbocycles. The van der Waals surface area contributed by atoms with Crippen LogP contribution in [0.5, 0.6) is 0 Å². The second kappa shape index (κ2) is 4.14. The first-order valence-corrected chi connectivity index (χ1v) is 5.28. The standard InChI is InChI=1S/C13H12O3/c14-12-10-6-3-1-2-4-9-13(15,16)11(12)8-5-7-10/h1-2,10-11,15-16H,5,7-8H2/b2-1-. The number of carbonyl (C=O) groups excluding carboxylic acids is 1. The molecular formula is C13H12O3. The third kappa shape index (κ3) is 2.02. The van der Waals surface area contributed by atoms with Gasteiger partial charge in [0.25, 0.3) is 0 Å². The van der Waals surface area contributed by atoms with Crippen LogP contribution in [0.4, 0.5) is 0 Å². The maximum atomic E-state index is 11.9. The van der Waals surface area contributed by atoms with Crippen molar-refractivity contribution in [1.82, 2.24) is 0 Å². The Labute approximate surface area is 94.2 Å². The van der Waals surface area contributed by atoms with E-state index in [1.807, 2.05) is 0 Å². The van der Waals surface area contributed by atoms with Crippen molar-refractivity contribution >= 4 is 5.78 Å². The minimum Gasteiger partial charge on any atom is -0.355 e. The Bertz CT molecular complexity index is 451. The summed E-state index contributed by atoms with van der Waals surface area (Å²) < 4.78 is 0. The van der Waals surface area contributed by atoms with Crippen molar-refractivity contribution in [2.45, 2.75) is 25.0 Å². The van der Waals surface area contributed by atoms with Gasteiger partial charge in [-0.25, -0.2) is 0 Å². The molecule has 1 fully saturated rings. The van der Waals surface area contributed by atoms with Crippen molar-refractivity contribution in [3.8, 4) is 23.7 Å². The Hall–Kier alpha value is -1.55. The maximum Gasteiger partial charge on any atom is 0.238 e. The van der Waals surface area contributed by atoms with E-state index in [2.05, 4.69) is 23.7 Å². The Morgan fingerprint density at radius 1 is 1.25 bits per heavy atom. The van der Waals surface area contributed by atoms with Gasteiger partial charge < -0.3 is 10.2 Å². The molecular weight excluding hydrogens is 204 g/mol. The van der Waals surface area contributed by atoms with Gasteiger partial charge in [-0.05, 0) is 30.9 Å². The molecule has 82 valence electrons. The molecule has 0 aromatic rings. The Morgan fingerprint density at radius 3 is 2.81 bits per heavy atom. The fourth-order valence-electron chi connectivity index (χ4n) is 2.06. The van der Waals surface area contributed by atoms with Crippen LogP contribution in [0.25, 0.3) is 0 Å². The highest BCUT2D eigenvalue weighted by molar-refractivity contribution is 5.88. The summed E-state index contributed by atoms with van der Waals surface area (Å²) in [5.41, 5.74) is 0. The molecule has 3 heteroatoms. The molecule has 2 aliphatic rings. The lowest BCUT2D eigenvalue weighted by Crippen LogP contribution is -2.45. The van der Waals surface area contributed by atoms with Gasteiger partial charge in [-0.2, -0.15) is 0 Å². The van der Waals surface area contributed by atoms with E-state index in [1.165, 1.54) is 12.2 Å². The van der Waals surface area contributed by atoms with Crippen molar-refractivity contribution < 1.29 is 15.0 Å². The van der Waals surface area contributed by atoms with Crippen molar-refractivity contribution in [1.29, 1.82) is 0 Å². The van der Waals surface area contributed by atoms with Crippen LogP contribution in [-0.2, 0) is 4.79 Å². The lowest BCUT2D eigenvalue weighted by Gasteiger charge is -2.31. The van der Waals surface area contributed by atoms with Crippen molar-refractivity contribution in [2.24, 2.45) is 11.8 Å². The van der Waals surface area contributed by atoms with Gasteiger partial charge in [0.05, 0.1) is 11.8 Å². The molecule has 2 rings (SSSR count). The van der Waals surface area contributed by atoms with Crippen molar-refractivity contribution in [2.75, 3.05) is 0 Å². The van der Waals surface area contributed by atoms with Gasteiger partial charge in [0.2, 0.25) is 5.79 Å². The van der Waals surface area contributed by atoms with Crippen LogP contribution in [0.15, 0.2) is 12.2 Å². The second-order valence-corrected chi connectivity index (χ2v) is 4.06. The summed E-state index contributed by atoms with van der Waals surface area (Å²) in [5, 5.41) is 19.5. The van der Waals surface area contributed by atoms with E-state index in [0.29, 0.717) is 12.8 Å². The number of fused-ring (bicyclic) bond motifs is 2. The van der Waals surface area contributed by atoms with Crippen LogP contribution in [0.1, 0.15) is 19.3 Å². The minimum atomic E-state index is -2.22. The minimum absolute atomic E-state index is 0.201. The highest BCUT2D eigenvalue weighted by Crippen LogP contribution is 2.31. The predicted molar refractivity (Wildman–Crippen MR) is 57.7 cm³/mol. The third-order valence-electron chi connectivity index (χ3n) is 2.92. The Balaban J connectivity index is 2.43. The molecule has 0 radical (unpaired) electrons. The fraction of sp³-hybridized carbons (Fsp3) is 0.462. The largest absolute Gasteiger partial charge is 0.355 e. The smallest absolute Gasteiger partial charge is 0.238 e. The molecule has 0 spiro atoms. The van der Waals surface area contributed by atoms with E-state index in [-0.39, 0.29) is 11.7 Å². The van der Waals surface area contributed by atoms with Gasteiger partial charge >= 0.3 is 0 Å². The van der Waals surface area contributed by atoms with Crippen molar-refractivity contribution in [3.05, 3.63) is 12.2 Å². The average Bonchev–Trinajstić information content (AvgIpc) is 2.23. The average molecular weight is 216 g/mol. The zero-order valence-electron chi connectivity index (χ0n) is 8.73. The topological polar surface area (TPSA) is 57.5 Å². The highest BCUT2D eigenvalue weighted by atomic mass is 16.5. The SMILES string of the molecule is O=C1C2C#C/C=C\C#CC(O)(O)C1CCC2. The molecule has 0 aliphatic heterocycles. The Morgan fingerprint density at radius 2 is 2.00 bits per heavy atom. The van der Waals surface area contributed by atoms with E-state index < -0.39 is 11.7 Å². The maximum absolute atomic E-state index is 11.9. The summed E-state index contributed by atoms with van der Waals surface area (Å²) >= 11 is 0. The number of carbonyl (C=O) groups is 1. The van der Waals surface area contributed by atoms with Crippen molar-refractivity contribution in [3.63, 3.8) is 0 Å². The normalized spacial score (nSPS) is 32.8. The molecule has 0 aromatic carbocycles. The molecule has 16 heavy (non-hydrogen) atoms. The predicted octanol–water partition coefficient (Wildman–Crippen LogP) is 0.229. The molecule has 2 N–H and O–H groups in total. The van der Waals surface area contributed by atoms with Crippen LogP contribution in [-0.4, -0.2) is 21.8 Å². The number of hydrogen-bond acceptors (Lipinski definition) is 3. The molecule has 2 unspecified atom stereocenters. The number of allylic oxidation sites excluding steroid dienone is 2. The van der Waals surface area contributed by atoms with Crippen LogP contribution in [0.2, 0.25) is 0 Å². The summed E-state index contributed by atoms with van der Waals surface area (Å²) in [5.74, 6) is 6.72. The second-order valence-electron chi connectivity index (χ2n) is 4.06. The highest BCUT2D eigenvalue weighted by Gasteiger charge is 2.43. The number of Topliss-reactive ketones (excluding diaryl/α,β-unsaturated/α-hetero) is 1. The number of aliphatic hydroxyl groups is 2.